The normalized spacial score (nSPS) is 29.4. The van der Waals surface area contributed by atoms with E-state index in [-0.39, 0.29) is 0 Å². The monoisotopic (exact) mass is 218 g/mol. The lowest BCUT2D eigenvalue weighted by atomic mass is 9.87. The highest BCUT2D eigenvalue weighted by molar-refractivity contribution is 6.14. The lowest BCUT2D eigenvalue weighted by Gasteiger charge is -2.20. The van der Waals surface area contributed by atoms with Crippen LogP contribution < -0.4 is 9.98 Å². The van der Waals surface area contributed by atoms with Crippen molar-refractivity contribution in [2.24, 2.45) is 5.92 Å². The maximum absolute atomic E-state index is 3.62. The summed E-state index contributed by atoms with van der Waals surface area (Å²) >= 11 is 0. The van der Waals surface area contributed by atoms with Crippen molar-refractivity contribution in [3.8, 4) is 0 Å². The summed E-state index contributed by atoms with van der Waals surface area (Å²) < 4.78 is 0. The van der Waals surface area contributed by atoms with Gasteiger partial charge < -0.3 is 0 Å². The molecule has 0 aliphatic heterocycles. The molecule has 0 aromatic heterocycles. The van der Waals surface area contributed by atoms with Gasteiger partial charge in [0, 0.05) is 37.1 Å². The van der Waals surface area contributed by atoms with Crippen molar-refractivity contribution in [3.63, 3.8) is 0 Å². The quantitative estimate of drug-likeness (QED) is 0.548. The largest absolute Gasteiger partial charge is 0.245 e. The maximum Gasteiger partial charge on any atom is 0.198 e. The summed E-state index contributed by atoms with van der Waals surface area (Å²) in [5.41, 5.74) is 2.42. The molecular weight excluding hydrogens is 196 g/mol. The zero-order chi connectivity index (χ0) is 11.4. The first-order chi connectivity index (χ1) is 7.78. The molecule has 0 spiro atoms. The van der Waals surface area contributed by atoms with Gasteiger partial charge in [0.2, 0.25) is 0 Å². The highest BCUT2D eigenvalue weighted by Crippen LogP contribution is 2.21. The molecule has 1 fully saturated rings. The third-order valence-corrected chi connectivity index (χ3v) is 3.56. The van der Waals surface area contributed by atoms with Gasteiger partial charge in [0.25, 0.3) is 0 Å². The van der Waals surface area contributed by atoms with Crippen molar-refractivity contribution in [1.29, 1.82) is 0 Å². The fourth-order valence-corrected chi connectivity index (χ4v) is 2.37. The molecule has 0 radical (unpaired) electrons. The second-order valence-corrected chi connectivity index (χ2v) is 4.93. The molecule has 86 valence electrons. The molecule has 2 rings (SSSR count). The molecular formula is C14H22N2+2. The fraction of sp³-hybridized carbons (Fsp3) is 0.571. The van der Waals surface area contributed by atoms with E-state index in [0.29, 0.717) is 6.04 Å². The molecule has 0 saturated heterocycles. The highest BCUT2D eigenvalue weighted by atomic mass is 14.8. The molecule has 0 unspecified atom stereocenters. The van der Waals surface area contributed by atoms with Gasteiger partial charge in [-0.3, -0.25) is 0 Å². The smallest absolute Gasteiger partial charge is 0.198 e. The van der Waals surface area contributed by atoms with Gasteiger partial charge in [0.1, 0.15) is 7.05 Å². The van der Waals surface area contributed by atoms with E-state index in [1.165, 1.54) is 37.1 Å². The van der Waals surface area contributed by atoms with E-state index in [2.05, 4.69) is 41.2 Å². The number of hydrogen-bond acceptors (Lipinski definition) is 0. The van der Waals surface area contributed by atoms with E-state index in [0.717, 1.165) is 5.92 Å². The molecule has 16 heavy (non-hydrogen) atoms. The van der Waals surface area contributed by atoms with Crippen LogP contribution in [0.4, 0.5) is 0 Å². The molecule has 0 aromatic rings. The van der Waals surface area contributed by atoms with Crippen molar-refractivity contribution in [1.82, 2.24) is 0 Å². The Hall–Kier alpha value is -1.18. The summed E-state index contributed by atoms with van der Waals surface area (Å²) in [6, 6.07) is 0.677. The minimum Gasteiger partial charge on any atom is -0.245 e. The van der Waals surface area contributed by atoms with Crippen LogP contribution in [0.2, 0.25) is 0 Å². The molecule has 0 bridgehead atoms. The van der Waals surface area contributed by atoms with Gasteiger partial charge in [0.05, 0.1) is 0 Å². The van der Waals surface area contributed by atoms with Crippen LogP contribution in [0.5, 0.6) is 0 Å². The summed E-state index contributed by atoms with van der Waals surface area (Å²) in [6.07, 6.45) is 13.9. The van der Waals surface area contributed by atoms with Gasteiger partial charge in [0.15, 0.2) is 17.5 Å². The summed E-state index contributed by atoms with van der Waals surface area (Å²) in [5.74, 6) is 0.921. The van der Waals surface area contributed by atoms with Crippen LogP contribution in [0.15, 0.2) is 24.3 Å². The van der Waals surface area contributed by atoms with Crippen molar-refractivity contribution < 1.29 is 9.98 Å². The lowest BCUT2D eigenvalue weighted by molar-refractivity contribution is -0.506. The fourth-order valence-electron chi connectivity index (χ4n) is 2.37. The molecule has 0 amide bonds. The third-order valence-electron chi connectivity index (χ3n) is 3.56. The summed E-state index contributed by atoms with van der Waals surface area (Å²) in [6.45, 7) is 2.36. The van der Waals surface area contributed by atoms with E-state index in [4.69, 9.17) is 0 Å². The Kier molecular flexibility index (Phi) is 3.70. The van der Waals surface area contributed by atoms with Crippen LogP contribution in [0.3, 0.4) is 0 Å². The predicted molar refractivity (Wildman–Crippen MR) is 67.6 cm³/mol. The zero-order valence-electron chi connectivity index (χ0n) is 10.3. The highest BCUT2D eigenvalue weighted by Gasteiger charge is 2.21. The average molecular weight is 218 g/mol. The summed E-state index contributed by atoms with van der Waals surface area (Å²) in [5, 5.41) is 0. The average Bonchev–Trinajstić information content (AvgIpc) is 2.33. The Bertz CT molecular complexity index is 335. The Balaban J connectivity index is 1.96. The summed E-state index contributed by atoms with van der Waals surface area (Å²) in [4.78, 5) is 6.76. The first-order valence-electron chi connectivity index (χ1n) is 6.32. The molecule has 1 saturated carbocycles. The van der Waals surface area contributed by atoms with Gasteiger partial charge in [-0.2, -0.15) is 0 Å². The van der Waals surface area contributed by atoms with E-state index in [1.54, 1.807) is 0 Å². The topological polar surface area (TPSA) is 27.9 Å². The summed E-state index contributed by atoms with van der Waals surface area (Å²) in [7, 11) is 1.95. The second-order valence-electron chi connectivity index (χ2n) is 4.93. The Morgan fingerprint density at radius 1 is 0.938 bits per heavy atom. The Labute approximate surface area is 97.9 Å². The van der Waals surface area contributed by atoms with Crippen molar-refractivity contribution in [3.05, 3.63) is 24.3 Å². The van der Waals surface area contributed by atoms with Crippen LogP contribution in [0, 0.1) is 5.92 Å². The van der Waals surface area contributed by atoms with E-state index in [9.17, 15) is 0 Å². The molecule has 0 atom stereocenters. The van der Waals surface area contributed by atoms with Gasteiger partial charge >= 0.3 is 0 Å². The first-order valence-corrected chi connectivity index (χ1v) is 6.32. The SMILES string of the molecule is C[NH+]=C1C=CC(=[NH+]C2CCC(C)CC2)C=C1. The van der Waals surface area contributed by atoms with Crippen LogP contribution in [0.1, 0.15) is 32.6 Å². The van der Waals surface area contributed by atoms with Crippen LogP contribution >= 0.6 is 0 Å². The Morgan fingerprint density at radius 3 is 2.06 bits per heavy atom. The second kappa shape index (κ2) is 5.24. The van der Waals surface area contributed by atoms with Crippen molar-refractivity contribution >= 4 is 11.4 Å². The predicted octanol–water partition coefficient (Wildman–Crippen LogP) is -0.636. The van der Waals surface area contributed by atoms with E-state index in [1.807, 2.05) is 7.05 Å². The van der Waals surface area contributed by atoms with Gasteiger partial charge in [-0.15, -0.1) is 0 Å². The molecule has 2 nitrogen and oxygen atoms in total. The number of nitrogens with one attached hydrogen (secondary N) is 2. The zero-order valence-corrected chi connectivity index (χ0v) is 10.3. The lowest BCUT2D eigenvalue weighted by Crippen LogP contribution is -2.80. The van der Waals surface area contributed by atoms with E-state index < -0.39 is 0 Å². The van der Waals surface area contributed by atoms with Crippen LogP contribution in [-0.4, -0.2) is 24.5 Å². The van der Waals surface area contributed by atoms with Crippen LogP contribution in [-0.2, 0) is 0 Å². The van der Waals surface area contributed by atoms with Gasteiger partial charge in [-0.1, -0.05) is 6.92 Å². The molecule has 0 aromatic carbocycles. The molecule has 2 aliphatic carbocycles. The standard InChI is InChI=1S/C14H20N2/c1-11-3-5-13(6-4-11)16-14-9-7-12(15-2)8-10-14/h7-11,13H,3-6H2,1-2H3/p+2. The molecule has 2 N–H and O–H groups in total. The van der Waals surface area contributed by atoms with E-state index >= 15 is 0 Å². The van der Waals surface area contributed by atoms with Crippen LogP contribution in [0.25, 0.3) is 0 Å². The number of hydrogen-bond donors (Lipinski definition) is 2. The molecule has 0 heterocycles. The molecule has 2 aliphatic rings. The third kappa shape index (κ3) is 2.91. The van der Waals surface area contributed by atoms with Gasteiger partial charge in [-0.25, -0.2) is 9.98 Å². The minimum atomic E-state index is 0.677. The first kappa shape index (κ1) is 11.3. The van der Waals surface area contributed by atoms with Crippen molar-refractivity contribution in [2.75, 3.05) is 7.05 Å². The van der Waals surface area contributed by atoms with Crippen molar-refractivity contribution in [2.45, 2.75) is 38.6 Å². The maximum atomic E-state index is 3.62. The number of allylic oxidation sites excluding steroid dienone is 4. The molecule has 2 heteroatoms. The number of rotatable bonds is 1. The minimum absolute atomic E-state index is 0.677. The Morgan fingerprint density at radius 2 is 1.50 bits per heavy atom. The van der Waals surface area contributed by atoms with Gasteiger partial charge in [-0.05, 0) is 18.8 Å².